The lowest BCUT2D eigenvalue weighted by Gasteiger charge is -2.34. The number of amides is 1. The molecule has 0 aliphatic heterocycles. The Morgan fingerprint density at radius 3 is 2.71 bits per heavy atom. The van der Waals surface area contributed by atoms with Gasteiger partial charge in [0.2, 0.25) is 5.91 Å². The van der Waals surface area contributed by atoms with Crippen LogP contribution in [0.4, 0.5) is 0 Å². The van der Waals surface area contributed by atoms with Crippen LogP contribution in [-0.2, 0) is 4.79 Å². The molecule has 0 radical (unpaired) electrons. The van der Waals surface area contributed by atoms with Gasteiger partial charge in [-0.3, -0.25) is 4.79 Å². The van der Waals surface area contributed by atoms with Crippen LogP contribution in [-0.4, -0.2) is 41.7 Å². The Hall–Kier alpha value is -0.610. The monoisotopic (exact) mass is 242 g/mol. The summed E-state index contributed by atoms with van der Waals surface area (Å²) >= 11 is 0. The molecule has 4 nitrogen and oxygen atoms in total. The second kappa shape index (κ2) is 6.97. The van der Waals surface area contributed by atoms with Crippen molar-refractivity contribution in [3.8, 4) is 0 Å². The second-order valence-corrected chi connectivity index (χ2v) is 5.15. The molecule has 0 spiro atoms. The minimum Gasteiger partial charge on any atom is -0.396 e. The lowest BCUT2D eigenvalue weighted by molar-refractivity contribution is -0.137. The Bertz CT molecular complexity index is 246. The number of carbonyl (C=O) groups excluding carboxylic acids is 1. The fourth-order valence-electron chi connectivity index (χ4n) is 2.53. The van der Waals surface area contributed by atoms with E-state index in [1.165, 1.54) is 0 Å². The van der Waals surface area contributed by atoms with E-state index in [0.29, 0.717) is 18.9 Å². The summed E-state index contributed by atoms with van der Waals surface area (Å²) < 4.78 is 0. The number of nitrogens with zero attached hydrogens (tertiary/aromatic N) is 1. The van der Waals surface area contributed by atoms with Gasteiger partial charge in [-0.25, -0.2) is 0 Å². The summed E-state index contributed by atoms with van der Waals surface area (Å²) in [5, 5.41) is 8.82. The van der Waals surface area contributed by atoms with Crippen molar-refractivity contribution < 1.29 is 9.90 Å². The summed E-state index contributed by atoms with van der Waals surface area (Å²) in [6, 6.07) is 0.161. The van der Waals surface area contributed by atoms with Gasteiger partial charge in [-0.15, -0.1) is 0 Å². The van der Waals surface area contributed by atoms with Crippen LogP contribution < -0.4 is 5.73 Å². The third kappa shape index (κ3) is 3.96. The number of hydrogen-bond donors (Lipinski definition) is 2. The maximum absolute atomic E-state index is 12.3. The van der Waals surface area contributed by atoms with E-state index >= 15 is 0 Å². The van der Waals surface area contributed by atoms with E-state index in [1.807, 2.05) is 11.8 Å². The van der Waals surface area contributed by atoms with Gasteiger partial charge in [0.1, 0.15) is 0 Å². The smallest absolute Gasteiger partial charge is 0.225 e. The highest BCUT2D eigenvalue weighted by molar-refractivity contribution is 5.79. The Balaban J connectivity index is 2.50. The zero-order valence-electron chi connectivity index (χ0n) is 11.1. The number of aliphatic hydroxyl groups excluding tert-OH is 1. The Labute approximate surface area is 104 Å². The predicted molar refractivity (Wildman–Crippen MR) is 68.4 cm³/mol. The number of aliphatic hydroxyl groups is 1. The van der Waals surface area contributed by atoms with Crippen molar-refractivity contribution >= 4 is 5.91 Å². The van der Waals surface area contributed by atoms with Crippen LogP contribution in [0.1, 0.15) is 39.5 Å². The largest absolute Gasteiger partial charge is 0.396 e. The molecule has 1 fully saturated rings. The molecule has 3 N–H and O–H groups in total. The fourth-order valence-corrected chi connectivity index (χ4v) is 2.53. The molecule has 0 bridgehead atoms. The number of nitrogens with two attached hydrogens (primary N) is 1. The number of carbonyl (C=O) groups is 1. The maximum atomic E-state index is 12.3. The molecule has 3 unspecified atom stereocenters. The first-order valence-corrected chi connectivity index (χ1v) is 6.75. The van der Waals surface area contributed by atoms with Crippen molar-refractivity contribution in [2.75, 3.05) is 19.7 Å². The third-order valence-corrected chi connectivity index (χ3v) is 3.89. The highest BCUT2D eigenvalue weighted by Gasteiger charge is 2.31. The van der Waals surface area contributed by atoms with Gasteiger partial charge in [0, 0.05) is 31.7 Å². The van der Waals surface area contributed by atoms with E-state index in [4.69, 9.17) is 10.8 Å². The lowest BCUT2D eigenvalue weighted by Crippen LogP contribution is -2.43. The normalized spacial score (nSPS) is 29.1. The van der Waals surface area contributed by atoms with Crippen molar-refractivity contribution in [1.29, 1.82) is 0 Å². The fraction of sp³-hybridized carbons (Fsp3) is 0.923. The van der Waals surface area contributed by atoms with Crippen molar-refractivity contribution in [3.63, 3.8) is 0 Å². The highest BCUT2D eigenvalue weighted by Crippen LogP contribution is 2.29. The van der Waals surface area contributed by atoms with Crippen LogP contribution in [0.15, 0.2) is 0 Å². The van der Waals surface area contributed by atoms with E-state index in [2.05, 4.69) is 6.92 Å². The van der Waals surface area contributed by atoms with Gasteiger partial charge >= 0.3 is 0 Å². The number of hydrogen-bond acceptors (Lipinski definition) is 3. The lowest BCUT2D eigenvalue weighted by atomic mass is 9.79. The second-order valence-electron chi connectivity index (χ2n) is 5.15. The molecule has 17 heavy (non-hydrogen) atoms. The zero-order valence-corrected chi connectivity index (χ0v) is 11.1. The maximum Gasteiger partial charge on any atom is 0.225 e. The summed E-state index contributed by atoms with van der Waals surface area (Å²) in [7, 11) is 0. The molecule has 4 heteroatoms. The van der Waals surface area contributed by atoms with E-state index in [-0.39, 0.29) is 24.5 Å². The molecule has 100 valence electrons. The van der Waals surface area contributed by atoms with Gasteiger partial charge in [0.05, 0.1) is 0 Å². The molecule has 0 aromatic rings. The van der Waals surface area contributed by atoms with Crippen LogP contribution in [0, 0.1) is 11.8 Å². The van der Waals surface area contributed by atoms with Gasteiger partial charge in [-0.1, -0.05) is 6.92 Å². The van der Waals surface area contributed by atoms with Crippen molar-refractivity contribution in [1.82, 2.24) is 4.90 Å². The SMILES string of the molecule is CCN(CCCO)C(=O)C1CCC(C)C(N)C1. The van der Waals surface area contributed by atoms with Gasteiger partial charge < -0.3 is 15.7 Å². The van der Waals surface area contributed by atoms with Crippen molar-refractivity contribution in [3.05, 3.63) is 0 Å². The summed E-state index contributed by atoms with van der Waals surface area (Å²) in [6.45, 7) is 5.67. The molecule has 1 aliphatic carbocycles. The van der Waals surface area contributed by atoms with Gasteiger partial charge in [-0.2, -0.15) is 0 Å². The van der Waals surface area contributed by atoms with Crippen molar-refractivity contribution in [2.24, 2.45) is 17.6 Å². The van der Waals surface area contributed by atoms with Gasteiger partial charge in [0.25, 0.3) is 0 Å². The standard InChI is InChI=1S/C13H26N2O2/c1-3-15(7-4-8-16)13(17)11-6-5-10(2)12(14)9-11/h10-12,16H,3-9,14H2,1-2H3. The third-order valence-electron chi connectivity index (χ3n) is 3.89. The van der Waals surface area contributed by atoms with Crippen LogP contribution in [0.3, 0.4) is 0 Å². The van der Waals surface area contributed by atoms with Gasteiger partial charge in [-0.05, 0) is 38.5 Å². The summed E-state index contributed by atoms with van der Waals surface area (Å²) in [4.78, 5) is 14.1. The Kier molecular flexibility index (Phi) is 5.92. The molecular formula is C13H26N2O2. The average molecular weight is 242 g/mol. The van der Waals surface area contributed by atoms with E-state index in [9.17, 15) is 4.79 Å². The average Bonchev–Trinajstić information content (AvgIpc) is 2.33. The molecule has 1 rings (SSSR count). The predicted octanol–water partition coefficient (Wildman–Crippen LogP) is 0.981. The first-order chi connectivity index (χ1) is 8.10. The molecule has 1 saturated carbocycles. The van der Waals surface area contributed by atoms with Gasteiger partial charge in [0.15, 0.2) is 0 Å². The van der Waals surface area contributed by atoms with E-state index in [1.54, 1.807) is 0 Å². The highest BCUT2D eigenvalue weighted by atomic mass is 16.3. The molecule has 0 saturated heterocycles. The minimum atomic E-state index is 0.0971. The molecule has 1 amide bonds. The molecule has 0 heterocycles. The van der Waals surface area contributed by atoms with Crippen LogP contribution in [0.5, 0.6) is 0 Å². The first-order valence-electron chi connectivity index (χ1n) is 6.75. The zero-order chi connectivity index (χ0) is 12.8. The van der Waals surface area contributed by atoms with Crippen LogP contribution in [0.25, 0.3) is 0 Å². The van der Waals surface area contributed by atoms with Crippen LogP contribution in [0.2, 0.25) is 0 Å². The summed E-state index contributed by atoms with van der Waals surface area (Å²) in [6.07, 6.45) is 3.49. The molecular weight excluding hydrogens is 216 g/mol. The molecule has 0 aromatic carbocycles. The first kappa shape index (κ1) is 14.5. The van der Waals surface area contributed by atoms with E-state index < -0.39 is 0 Å². The molecule has 3 atom stereocenters. The minimum absolute atomic E-state index is 0.0971. The van der Waals surface area contributed by atoms with E-state index in [0.717, 1.165) is 25.8 Å². The summed E-state index contributed by atoms with van der Waals surface area (Å²) in [5.41, 5.74) is 6.04. The summed E-state index contributed by atoms with van der Waals surface area (Å²) in [5.74, 6) is 0.856. The Morgan fingerprint density at radius 1 is 1.47 bits per heavy atom. The number of rotatable bonds is 5. The van der Waals surface area contributed by atoms with Crippen molar-refractivity contribution in [2.45, 2.75) is 45.6 Å². The quantitative estimate of drug-likeness (QED) is 0.755. The van der Waals surface area contributed by atoms with Crippen LogP contribution >= 0.6 is 0 Å². The Morgan fingerprint density at radius 2 is 2.18 bits per heavy atom. The molecule has 1 aliphatic rings. The topological polar surface area (TPSA) is 66.6 Å². The molecule has 0 aromatic heterocycles.